The molecule has 0 N–H and O–H groups in total. The number of benzene rings is 2. The van der Waals surface area contributed by atoms with Gasteiger partial charge in [-0.2, -0.15) is 8.42 Å². The van der Waals surface area contributed by atoms with Crippen LogP contribution in [0.25, 0.3) is 10.8 Å². The Hall–Kier alpha value is -1.59. The summed E-state index contributed by atoms with van der Waals surface area (Å²) in [6, 6.07) is 10.8. The van der Waals surface area contributed by atoms with E-state index in [2.05, 4.69) is 0 Å². The van der Waals surface area contributed by atoms with Gasteiger partial charge < -0.3 is 4.74 Å². The van der Waals surface area contributed by atoms with Crippen LogP contribution in [0.3, 0.4) is 0 Å². The van der Waals surface area contributed by atoms with Crippen LogP contribution in [0.1, 0.15) is 20.8 Å². The van der Waals surface area contributed by atoms with E-state index in [0.717, 1.165) is 5.39 Å². The minimum absolute atomic E-state index is 0.121. The van der Waals surface area contributed by atoms with Crippen molar-refractivity contribution in [1.29, 1.82) is 0 Å². The highest BCUT2D eigenvalue weighted by molar-refractivity contribution is 7.87. The highest BCUT2D eigenvalue weighted by atomic mass is 32.2. The van der Waals surface area contributed by atoms with Crippen molar-refractivity contribution in [3.05, 3.63) is 36.4 Å². The van der Waals surface area contributed by atoms with Crippen molar-refractivity contribution in [3.8, 4) is 5.75 Å². The molecule has 0 bridgehead atoms. The number of hydrogen-bond donors (Lipinski definition) is 0. The quantitative estimate of drug-likeness (QED) is 0.699. The van der Waals surface area contributed by atoms with E-state index >= 15 is 0 Å². The molecule has 1 aliphatic rings. The van der Waals surface area contributed by atoms with Gasteiger partial charge in [0.2, 0.25) is 6.29 Å². The van der Waals surface area contributed by atoms with E-state index in [1.165, 1.54) is 0 Å². The van der Waals surface area contributed by atoms with Gasteiger partial charge in [0.05, 0.1) is 0 Å². The molecule has 0 saturated carbocycles. The Kier molecular flexibility index (Phi) is 2.81. The van der Waals surface area contributed by atoms with Gasteiger partial charge in [-0.1, -0.05) is 51.1 Å². The van der Waals surface area contributed by atoms with E-state index in [4.69, 9.17) is 8.92 Å². The summed E-state index contributed by atoms with van der Waals surface area (Å²) in [6.45, 7) is 5.62. The van der Waals surface area contributed by atoms with Gasteiger partial charge in [0.15, 0.2) is 0 Å². The summed E-state index contributed by atoms with van der Waals surface area (Å²) >= 11 is 0. The Morgan fingerprint density at radius 2 is 1.75 bits per heavy atom. The van der Waals surface area contributed by atoms with Crippen molar-refractivity contribution in [2.45, 2.75) is 32.0 Å². The van der Waals surface area contributed by atoms with Gasteiger partial charge in [-0.05, 0) is 11.5 Å². The van der Waals surface area contributed by atoms with Crippen LogP contribution in [0.15, 0.2) is 41.3 Å². The minimum Gasteiger partial charge on any atom is -0.462 e. The summed E-state index contributed by atoms with van der Waals surface area (Å²) in [5.41, 5.74) is -0.434. The van der Waals surface area contributed by atoms with Crippen LogP contribution in [-0.4, -0.2) is 14.7 Å². The molecular formula is C15H16O4S. The molecule has 2 aromatic rings. The average molecular weight is 292 g/mol. The molecule has 1 atom stereocenters. The molecule has 0 radical (unpaired) electrons. The average Bonchev–Trinajstić information content (AvgIpc) is 2.36. The lowest BCUT2D eigenvalue weighted by molar-refractivity contribution is -0.0778. The molecule has 5 heteroatoms. The first-order valence-corrected chi connectivity index (χ1v) is 7.81. The third-order valence-corrected chi connectivity index (χ3v) is 4.60. The number of fused-ring (bicyclic) bond motifs is 3. The van der Waals surface area contributed by atoms with E-state index in [9.17, 15) is 8.42 Å². The number of rotatable bonds is 0. The molecule has 4 nitrogen and oxygen atoms in total. The summed E-state index contributed by atoms with van der Waals surface area (Å²) in [6.07, 6.45) is -0.818. The largest absolute Gasteiger partial charge is 0.462 e. The van der Waals surface area contributed by atoms with E-state index in [0.29, 0.717) is 11.1 Å². The third kappa shape index (κ3) is 2.07. The van der Waals surface area contributed by atoms with Crippen LogP contribution in [0.5, 0.6) is 5.75 Å². The fraction of sp³-hybridized carbons (Fsp3) is 0.333. The number of hydrogen-bond acceptors (Lipinski definition) is 4. The first-order valence-electron chi connectivity index (χ1n) is 6.41. The van der Waals surface area contributed by atoms with Crippen molar-refractivity contribution >= 4 is 20.9 Å². The monoisotopic (exact) mass is 292 g/mol. The zero-order valence-corrected chi connectivity index (χ0v) is 12.4. The molecule has 1 heterocycles. The molecule has 0 fully saturated rings. The van der Waals surface area contributed by atoms with Crippen LogP contribution in [-0.2, 0) is 14.3 Å². The molecule has 106 valence electrons. The van der Waals surface area contributed by atoms with Crippen LogP contribution < -0.4 is 4.74 Å². The lowest BCUT2D eigenvalue weighted by atomic mass is 9.96. The lowest BCUT2D eigenvalue weighted by Crippen LogP contribution is -2.39. The Labute approximate surface area is 118 Å². The maximum atomic E-state index is 12.4. The van der Waals surface area contributed by atoms with E-state index in [-0.39, 0.29) is 4.90 Å². The Balaban J connectivity index is 2.26. The standard InChI is InChI=1S/C15H16O4S/c1-15(2,3)14-18-12-9-8-10-6-4-5-7-11(10)13(12)20(16,17)19-14/h4-9,14H,1-3H3. The van der Waals surface area contributed by atoms with Crippen LogP contribution in [0.4, 0.5) is 0 Å². The highest BCUT2D eigenvalue weighted by Crippen LogP contribution is 2.41. The SMILES string of the molecule is CC(C)(C)C1Oc2ccc3ccccc3c2S(=O)(=O)O1. The first kappa shape index (κ1) is 13.4. The predicted molar refractivity (Wildman–Crippen MR) is 76.1 cm³/mol. The van der Waals surface area contributed by atoms with Crippen LogP contribution in [0, 0.1) is 5.41 Å². The van der Waals surface area contributed by atoms with E-state index in [1.54, 1.807) is 18.2 Å². The van der Waals surface area contributed by atoms with Crippen molar-refractivity contribution < 1.29 is 17.3 Å². The van der Waals surface area contributed by atoms with Gasteiger partial charge in [-0.15, -0.1) is 0 Å². The van der Waals surface area contributed by atoms with Crippen LogP contribution in [0.2, 0.25) is 0 Å². The van der Waals surface area contributed by atoms with Crippen LogP contribution >= 0.6 is 0 Å². The fourth-order valence-electron chi connectivity index (χ4n) is 2.19. The first-order chi connectivity index (χ1) is 9.29. The Morgan fingerprint density at radius 3 is 2.45 bits per heavy atom. The summed E-state index contributed by atoms with van der Waals surface area (Å²) in [4.78, 5) is 0.121. The molecule has 0 saturated heterocycles. The van der Waals surface area contributed by atoms with Crippen molar-refractivity contribution in [3.63, 3.8) is 0 Å². The molecule has 1 aliphatic heterocycles. The van der Waals surface area contributed by atoms with E-state index in [1.807, 2.05) is 39.0 Å². The maximum Gasteiger partial charge on any atom is 0.304 e. The predicted octanol–water partition coefficient (Wildman–Crippen LogP) is 3.31. The number of ether oxygens (including phenoxy) is 1. The zero-order chi connectivity index (χ0) is 14.5. The minimum atomic E-state index is -3.83. The fourth-order valence-corrected chi connectivity index (χ4v) is 3.67. The van der Waals surface area contributed by atoms with Gasteiger partial charge in [0.25, 0.3) is 0 Å². The summed E-state index contributed by atoms with van der Waals surface area (Å²) in [5.74, 6) is 0.356. The molecule has 0 aromatic heterocycles. The summed E-state index contributed by atoms with van der Waals surface area (Å²) in [7, 11) is -3.83. The van der Waals surface area contributed by atoms with Crippen molar-refractivity contribution in [1.82, 2.24) is 0 Å². The zero-order valence-electron chi connectivity index (χ0n) is 11.6. The molecule has 0 amide bonds. The van der Waals surface area contributed by atoms with Gasteiger partial charge in [0, 0.05) is 10.8 Å². The third-order valence-electron chi connectivity index (χ3n) is 3.25. The maximum absolute atomic E-state index is 12.4. The molecule has 1 unspecified atom stereocenters. The second-order valence-electron chi connectivity index (χ2n) is 5.98. The van der Waals surface area contributed by atoms with Crippen molar-refractivity contribution in [2.24, 2.45) is 5.41 Å². The normalized spacial score (nSPS) is 21.2. The van der Waals surface area contributed by atoms with Crippen molar-refractivity contribution in [2.75, 3.05) is 0 Å². The molecular weight excluding hydrogens is 276 g/mol. The van der Waals surface area contributed by atoms with Gasteiger partial charge in [0.1, 0.15) is 10.6 Å². The topological polar surface area (TPSA) is 52.6 Å². The molecule has 0 aliphatic carbocycles. The Bertz CT molecular complexity index is 772. The van der Waals surface area contributed by atoms with Gasteiger partial charge in [-0.3, -0.25) is 0 Å². The molecule has 0 spiro atoms. The lowest BCUT2D eigenvalue weighted by Gasteiger charge is -2.34. The molecule has 2 aromatic carbocycles. The molecule has 20 heavy (non-hydrogen) atoms. The summed E-state index contributed by atoms with van der Waals surface area (Å²) in [5, 5.41) is 1.47. The van der Waals surface area contributed by atoms with Gasteiger partial charge in [-0.25, -0.2) is 4.18 Å². The van der Waals surface area contributed by atoms with Gasteiger partial charge >= 0.3 is 10.1 Å². The second-order valence-corrected chi connectivity index (χ2v) is 7.49. The Morgan fingerprint density at radius 1 is 1.05 bits per heavy atom. The summed E-state index contributed by atoms with van der Waals surface area (Å²) < 4.78 is 35.8. The smallest absolute Gasteiger partial charge is 0.304 e. The van der Waals surface area contributed by atoms with E-state index < -0.39 is 21.8 Å². The second kappa shape index (κ2) is 4.20. The highest BCUT2D eigenvalue weighted by Gasteiger charge is 2.40. The molecule has 3 rings (SSSR count).